The van der Waals surface area contributed by atoms with Crippen molar-refractivity contribution < 1.29 is 4.79 Å². The average molecular weight is 322 g/mol. The molecular weight excluding hydrogens is 300 g/mol. The molecule has 3 heterocycles. The van der Waals surface area contributed by atoms with E-state index in [1.807, 2.05) is 18.1 Å². The summed E-state index contributed by atoms with van der Waals surface area (Å²) < 4.78 is 1.77. The van der Waals surface area contributed by atoms with Crippen LogP contribution in [0.4, 0.5) is 5.95 Å². The van der Waals surface area contributed by atoms with Gasteiger partial charge >= 0.3 is 0 Å². The number of hydrogen-bond acceptors (Lipinski definition) is 6. The smallest absolute Gasteiger partial charge is 0.253 e. The van der Waals surface area contributed by atoms with Crippen LogP contribution in [-0.2, 0) is 11.3 Å². The normalized spacial score (nSPS) is 19.1. The number of carbonyl (C=O) groups excluding carboxylic acids is 1. The number of thioether (sulfide) groups is 1. The van der Waals surface area contributed by atoms with Gasteiger partial charge in [-0.3, -0.25) is 4.79 Å². The predicted octanol–water partition coefficient (Wildman–Crippen LogP) is 0.864. The molecule has 3 rings (SSSR count). The summed E-state index contributed by atoms with van der Waals surface area (Å²) in [6, 6.07) is 0. The summed E-state index contributed by atoms with van der Waals surface area (Å²) in [6.07, 6.45) is 1.95. The maximum Gasteiger partial charge on any atom is 0.253 e. The van der Waals surface area contributed by atoms with Crippen LogP contribution in [0.5, 0.6) is 0 Å². The minimum atomic E-state index is 0.118. The van der Waals surface area contributed by atoms with Gasteiger partial charge in [0.15, 0.2) is 0 Å². The molecule has 0 saturated carbocycles. The van der Waals surface area contributed by atoms with Crippen LogP contribution in [0.2, 0.25) is 0 Å². The van der Waals surface area contributed by atoms with Gasteiger partial charge in [0.05, 0.1) is 12.1 Å². The molecule has 0 aliphatic carbocycles. The van der Waals surface area contributed by atoms with Crippen LogP contribution in [0.1, 0.15) is 13.8 Å². The van der Waals surface area contributed by atoms with Crippen LogP contribution in [0, 0.1) is 0 Å². The van der Waals surface area contributed by atoms with Gasteiger partial charge in [-0.1, -0.05) is 18.7 Å². The van der Waals surface area contributed by atoms with Gasteiger partial charge in [0.1, 0.15) is 0 Å². The van der Waals surface area contributed by atoms with E-state index in [9.17, 15) is 4.79 Å². The van der Waals surface area contributed by atoms with Crippen LogP contribution in [0.15, 0.2) is 16.4 Å². The Bertz CT molecular complexity index is 602. The quantitative estimate of drug-likeness (QED) is 0.833. The van der Waals surface area contributed by atoms with Gasteiger partial charge in [0, 0.05) is 31.9 Å². The maximum absolute atomic E-state index is 12.8. The van der Waals surface area contributed by atoms with E-state index < -0.39 is 0 Å². The van der Waals surface area contributed by atoms with Gasteiger partial charge in [-0.2, -0.15) is 4.98 Å². The van der Waals surface area contributed by atoms with E-state index in [0.29, 0.717) is 12.5 Å². The Labute approximate surface area is 134 Å². The standard InChI is InChI=1S/C14H22N6OS/c1-4-18-5-7-19(8-6-18)12(21)11-9-20-13(15-10(11)2)16-14(17-20)22-3/h4-9H2,1-3H3,(H,15,16,17). The van der Waals surface area contributed by atoms with E-state index in [-0.39, 0.29) is 5.91 Å². The van der Waals surface area contributed by atoms with Crippen molar-refractivity contribution in [2.75, 3.05) is 44.3 Å². The fourth-order valence-corrected chi connectivity index (χ4v) is 3.17. The lowest BCUT2D eigenvalue weighted by atomic mass is 10.1. The molecule has 1 aromatic heterocycles. The zero-order valence-electron chi connectivity index (χ0n) is 13.3. The zero-order valence-corrected chi connectivity index (χ0v) is 14.1. The van der Waals surface area contributed by atoms with E-state index in [1.54, 1.807) is 4.68 Å². The first-order chi connectivity index (χ1) is 10.6. The molecule has 0 radical (unpaired) electrons. The molecule has 1 amide bonds. The molecule has 1 aromatic rings. The van der Waals surface area contributed by atoms with E-state index in [4.69, 9.17) is 0 Å². The molecule has 2 aliphatic heterocycles. The molecule has 1 fully saturated rings. The van der Waals surface area contributed by atoms with Crippen LogP contribution < -0.4 is 5.32 Å². The fraction of sp³-hybridized carbons (Fsp3) is 0.643. The third-order valence-corrected chi connectivity index (χ3v) is 4.80. The number of piperazine rings is 1. The summed E-state index contributed by atoms with van der Waals surface area (Å²) in [6.45, 7) is 9.13. The third kappa shape index (κ3) is 2.85. The summed E-state index contributed by atoms with van der Waals surface area (Å²) in [5.74, 6) is 0.835. The largest absolute Gasteiger partial charge is 0.336 e. The molecule has 8 heteroatoms. The number of fused-ring (bicyclic) bond motifs is 1. The minimum absolute atomic E-state index is 0.118. The number of aromatic nitrogens is 3. The molecular formula is C14H22N6OS. The van der Waals surface area contributed by atoms with Crippen molar-refractivity contribution in [1.29, 1.82) is 0 Å². The number of amides is 1. The number of rotatable bonds is 3. The summed E-state index contributed by atoms with van der Waals surface area (Å²) in [5, 5.41) is 8.32. The van der Waals surface area contributed by atoms with Gasteiger partial charge in [-0.15, -0.1) is 5.10 Å². The maximum atomic E-state index is 12.8. The Balaban J connectivity index is 1.72. The molecule has 0 aromatic carbocycles. The molecule has 7 nitrogen and oxygen atoms in total. The number of hydrogen-bond donors (Lipinski definition) is 1. The van der Waals surface area contributed by atoms with Crippen molar-refractivity contribution in [3.63, 3.8) is 0 Å². The highest BCUT2D eigenvalue weighted by molar-refractivity contribution is 7.98. The SMILES string of the molecule is CCN1CCN(C(=O)C2=C(C)Nc3nc(SC)nn3C2)CC1. The van der Waals surface area contributed by atoms with Crippen molar-refractivity contribution in [2.24, 2.45) is 0 Å². The highest BCUT2D eigenvalue weighted by Gasteiger charge is 2.28. The molecule has 1 N–H and O–H groups in total. The lowest BCUT2D eigenvalue weighted by molar-refractivity contribution is -0.129. The Morgan fingerprint density at radius 3 is 2.68 bits per heavy atom. The Morgan fingerprint density at radius 1 is 1.32 bits per heavy atom. The number of nitrogens with zero attached hydrogens (tertiary/aromatic N) is 5. The van der Waals surface area contributed by atoms with E-state index >= 15 is 0 Å². The van der Waals surface area contributed by atoms with Crippen molar-refractivity contribution in [1.82, 2.24) is 24.6 Å². The summed E-state index contributed by atoms with van der Waals surface area (Å²) >= 11 is 1.50. The highest BCUT2D eigenvalue weighted by atomic mass is 32.2. The number of anilines is 1. The first-order valence-electron chi connectivity index (χ1n) is 7.59. The van der Waals surface area contributed by atoms with Crippen LogP contribution in [0.25, 0.3) is 0 Å². The average Bonchev–Trinajstić information content (AvgIpc) is 2.95. The predicted molar refractivity (Wildman–Crippen MR) is 86.8 cm³/mol. The van der Waals surface area contributed by atoms with Crippen LogP contribution in [0.3, 0.4) is 0 Å². The van der Waals surface area contributed by atoms with Gasteiger partial charge in [0.2, 0.25) is 11.1 Å². The van der Waals surface area contributed by atoms with E-state index in [0.717, 1.165) is 49.2 Å². The number of allylic oxidation sites excluding steroid dienone is 1. The first-order valence-corrected chi connectivity index (χ1v) is 8.82. The zero-order chi connectivity index (χ0) is 15.7. The third-order valence-electron chi connectivity index (χ3n) is 4.26. The summed E-state index contributed by atoms with van der Waals surface area (Å²) in [7, 11) is 0. The fourth-order valence-electron chi connectivity index (χ4n) is 2.81. The summed E-state index contributed by atoms with van der Waals surface area (Å²) in [5.41, 5.74) is 1.67. The Morgan fingerprint density at radius 2 is 2.05 bits per heavy atom. The van der Waals surface area contributed by atoms with Crippen LogP contribution >= 0.6 is 11.8 Å². The second kappa shape index (κ2) is 6.29. The van der Waals surface area contributed by atoms with E-state index in [1.165, 1.54) is 11.8 Å². The lowest BCUT2D eigenvalue weighted by Gasteiger charge is -2.35. The molecule has 0 unspecified atom stereocenters. The van der Waals surface area contributed by atoms with Gasteiger partial charge < -0.3 is 15.1 Å². The molecule has 2 aliphatic rings. The van der Waals surface area contributed by atoms with Crippen LogP contribution in [-0.4, -0.2) is 69.5 Å². The number of likely N-dealkylation sites (N-methyl/N-ethyl adjacent to an activating group) is 1. The molecule has 0 bridgehead atoms. The number of carbonyl (C=O) groups is 1. The Hall–Kier alpha value is -1.54. The lowest BCUT2D eigenvalue weighted by Crippen LogP contribution is -2.49. The first kappa shape index (κ1) is 15.4. The second-order valence-corrected chi connectivity index (χ2v) is 6.31. The molecule has 0 atom stereocenters. The topological polar surface area (TPSA) is 66.3 Å². The Kier molecular flexibility index (Phi) is 4.39. The van der Waals surface area contributed by atoms with Gasteiger partial charge in [-0.25, -0.2) is 4.68 Å². The van der Waals surface area contributed by atoms with Gasteiger partial charge in [0.25, 0.3) is 5.91 Å². The summed E-state index contributed by atoms with van der Waals surface area (Å²) in [4.78, 5) is 21.5. The van der Waals surface area contributed by atoms with Gasteiger partial charge in [-0.05, 0) is 19.7 Å². The highest BCUT2D eigenvalue weighted by Crippen LogP contribution is 2.23. The van der Waals surface area contributed by atoms with E-state index in [2.05, 4.69) is 27.2 Å². The van der Waals surface area contributed by atoms with Crippen molar-refractivity contribution in [3.05, 3.63) is 11.3 Å². The van der Waals surface area contributed by atoms with Crippen molar-refractivity contribution in [2.45, 2.75) is 25.5 Å². The molecule has 120 valence electrons. The molecule has 1 saturated heterocycles. The molecule has 0 spiro atoms. The monoisotopic (exact) mass is 322 g/mol. The second-order valence-electron chi connectivity index (χ2n) is 5.53. The van der Waals surface area contributed by atoms with Crippen molar-refractivity contribution in [3.8, 4) is 0 Å². The molecule has 22 heavy (non-hydrogen) atoms. The number of nitrogens with one attached hydrogen (secondary N) is 1. The van der Waals surface area contributed by atoms with Crippen molar-refractivity contribution >= 4 is 23.6 Å². The minimum Gasteiger partial charge on any atom is -0.336 e.